The molecule has 228 valence electrons. The van der Waals surface area contributed by atoms with Crippen LogP contribution in [-0.2, 0) is 0 Å². The SMILES string of the molecule is c1ccc(-c2nc(-c3ccc4ccccc4c3)nc(-c3ccc(-c4ccc5c(ccc6ccccc65)c4)c4oc5cnccc5c34)n2)cc1. The van der Waals surface area contributed by atoms with E-state index in [-0.39, 0.29) is 0 Å². The van der Waals surface area contributed by atoms with Crippen LogP contribution < -0.4 is 0 Å². The first-order valence-electron chi connectivity index (χ1n) is 16.3. The van der Waals surface area contributed by atoms with Gasteiger partial charge < -0.3 is 4.42 Å². The number of benzene rings is 7. The molecule has 0 saturated heterocycles. The summed E-state index contributed by atoms with van der Waals surface area (Å²) < 4.78 is 6.63. The molecule has 0 unspecified atom stereocenters. The molecule has 0 fully saturated rings. The number of hydrogen-bond donors (Lipinski definition) is 0. The number of nitrogens with zero attached hydrogens (tertiary/aromatic N) is 4. The molecule has 0 amide bonds. The normalized spacial score (nSPS) is 11.7. The maximum atomic E-state index is 6.63. The van der Waals surface area contributed by atoms with Gasteiger partial charge in [0.15, 0.2) is 23.1 Å². The van der Waals surface area contributed by atoms with Gasteiger partial charge in [0.25, 0.3) is 0 Å². The molecule has 0 aliphatic heterocycles. The third-order valence-electron chi connectivity index (χ3n) is 9.40. The topological polar surface area (TPSA) is 64.7 Å². The summed E-state index contributed by atoms with van der Waals surface area (Å²) in [5.41, 5.74) is 6.28. The lowest BCUT2D eigenvalue weighted by Gasteiger charge is -2.12. The third kappa shape index (κ3) is 4.55. The van der Waals surface area contributed by atoms with Crippen molar-refractivity contribution in [3.8, 4) is 45.3 Å². The van der Waals surface area contributed by atoms with Crippen LogP contribution in [0.3, 0.4) is 0 Å². The minimum absolute atomic E-state index is 0.582. The number of fused-ring (bicyclic) bond motifs is 7. The second kappa shape index (κ2) is 10.9. The summed E-state index contributed by atoms with van der Waals surface area (Å²) in [6.07, 6.45) is 3.58. The monoisotopic (exact) mass is 626 g/mol. The number of pyridine rings is 1. The van der Waals surface area contributed by atoms with Crippen LogP contribution in [0, 0.1) is 0 Å². The molecule has 0 bridgehead atoms. The molecule has 49 heavy (non-hydrogen) atoms. The van der Waals surface area contributed by atoms with Gasteiger partial charge in [-0.15, -0.1) is 0 Å². The van der Waals surface area contributed by atoms with Crippen molar-refractivity contribution in [3.63, 3.8) is 0 Å². The summed E-state index contributed by atoms with van der Waals surface area (Å²) in [7, 11) is 0. The summed E-state index contributed by atoms with van der Waals surface area (Å²) in [5.74, 6) is 1.81. The molecule has 0 radical (unpaired) electrons. The number of aromatic nitrogens is 4. The summed E-state index contributed by atoms with van der Waals surface area (Å²) in [5, 5.41) is 9.08. The van der Waals surface area contributed by atoms with Gasteiger partial charge in [0.05, 0.1) is 6.20 Å². The molecule has 0 atom stereocenters. The molecule has 3 heterocycles. The van der Waals surface area contributed by atoms with Crippen molar-refractivity contribution in [2.75, 3.05) is 0 Å². The largest absolute Gasteiger partial charge is 0.454 e. The van der Waals surface area contributed by atoms with Crippen LogP contribution in [-0.4, -0.2) is 19.9 Å². The fourth-order valence-electron chi connectivity index (χ4n) is 7.00. The Kier molecular flexibility index (Phi) is 6.11. The van der Waals surface area contributed by atoms with E-state index < -0.39 is 0 Å². The van der Waals surface area contributed by atoms with E-state index >= 15 is 0 Å². The van der Waals surface area contributed by atoms with Crippen LogP contribution >= 0.6 is 0 Å². The smallest absolute Gasteiger partial charge is 0.164 e. The van der Waals surface area contributed by atoms with E-state index in [9.17, 15) is 0 Å². The highest BCUT2D eigenvalue weighted by molar-refractivity contribution is 6.16. The molecule has 7 aromatic carbocycles. The Balaban J connectivity index is 1.21. The van der Waals surface area contributed by atoms with E-state index in [1.165, 1.54) is 26.9 Å². The van der Waals surface area contributed by atoms with E-state index in [2.05, 4.69) is 114 Å². The molecule has 5 heteroatoms. The summed E-state index contributed by atoms with van der Waals surface area (Å²) in [4.78, 5) is 19.6. The molecule has 10 rings (SSSR count). The summed E-state index contributed by atoms with van der Waals surface area (Å²) in [6, 6.07) is 50.5. The Bertz CT molecular complexity index is 2890. The van der Waals surface area contributed by atoms with Crippen LogP contribution in [0.4, 0.5) is 0 Å². The van der Waals surface area contributed by atoms with Crippen LogP contribution in [0.2, 0.25) is 0 Å². The average Bonchev–Trinajstić information content (AvgIpc) is 3.57. The predicted molar refractivity (Wildman–Crippen MR) is 199 cm³/mol. The van der Waals surface area contributed by atoms with Gasteiger partial charge in [-0.2, -0.15) is 0 Å². The van der Waals surface area contributed by atoms with Crippen LogP contribution in [0.5, 0.6) is 0 Å². The second-order valence-corrected chi connectivity index (χ2v) is 12.3. The maximum Gasteiger partial charge on any atom is 0.164 e. The molecule has 0 aliphatic rings. The first kappa shape index (κ1) is 27.4. The minimum Gasteiger partial charge on any atom is -0.454 e. The van der Waals surface area contributed by atoms with Crippen molar-refractivity contribution >= 4 is 54.3 Å². The summed E-state index contributed by atoms with van der Waals surface area (Å²) in [6.45, 7) is 0. The van der Waals surface area contributed by atoms with E-state index in [4.69, 9.17) is 19.4 Å². The van der Waals surface area contributed by atoms with Gasteiger partial charge in [0.2, 0.25) is 0 Å². The Morgan fingerprint density at radius 3 is 1.96 bits per heavy atom. The van der Waals surface area contributed by atoms with E-state index in [1.807, 2.05) is 36.4 Å². The first-order valence-corrected chi connectivity index (χ1v) is 16.3. The zero-order valence-electron chi connectivity index (χ0n) is 26.2. The van der Waals surface area contributed by atoms with Crippen molar-refractivity contribution in [2.45, 2.75) is 0 Å². The van der Waals surface area contributed by atoms with Gasteiger partial charge in [-0.05, 0) is 68.2 Å². The highest BCUT2D eigenvalue weighted by Gasteiger charge is 2.21. The van der Waals surface area contributed by atoms with Crippen molar-refractivity contribution in [3.05, 3.63) is 158 Å². The van der Waals surface area contributed by atoms with Crippen molar-refractivity contribution < 1.29 is 4.42 Å². The lowest BCUT2D eigenvalue weighted by atomic mass is 9.95. The average molecular weight is 627 g/mol. The summed E-state index contributed by atoms with van der Waals surface area (Å²) >= 11 is 0. The molecular weight excluding hydrogens is 601 g/mol. The quantitative estimate of drug-likeness (QED) is 0.182. The Labute approximate surface area is 281 Å². The Morgan fingerprint density at radius 1 is 0.408 bits per heavy atom. The van der Waals surface area contributed by atoms with Crippen molar-refractivity contribution in [2.24, 2.45) is 0 Å². The van der Waals surface area contributed by atoms with Gasteiger partial charge in [0, 0.05) is 39.2 Å². The highest BCUT2D eigenvalue weighted by atomic mass is 16.3. The fraction of sp³-hybridized carbons (Fsp3) is 0. The zero-order valence-corrected chi connectivity index (χ0v) is 26.2. The van der Waals surface area contributed by atoms with Crippen LogP contribution in [0.25, 0.3) is 99.5 Å². The zero-order chi connectivity index (χ0) is 32.3. The van der Waals surface area contributed by atoms with Gasteiger partial charge in [-0.3, -0.25) is 4.98 Å². The number of rotatable bonds is 4. The number of hydrogen-bond acceptors (Lipinski definition) is 5. The van der Waals surface area contributed by atoms with Gasteiger partial charge in [0.1, 0.15) is 5.58 Å². The Hall–Kier alpha value is -6.72. The molecule has 0 saturated carbocycles. The molecule has 10 aromatic rings. The van der Waals surface area contributed by atoms with Crippen molar-refractivity contribution in [1.82, 2.24) is 19.9 Å². The van der Waals surface area contributed by atoms with E-state index in [1.54, 1.807) is 12.4 Å². The third-order valence-corrected chi connectivity index (χ3v) is 9.40. The Morgan fingerprint density at radius 2 is 1.06 bits per heavy atom. The van der Waals surface area contributed by atoms with Crippen LogP contribution in [0.1, 0.15) is 0 Å². The van der Waals surface area contributed by atoms with E-state index in [0.29, 0.717) is 23.1 Å². The lowest BCUT2D eigenvalue weighted by molar-refractivity contribution is 0.668. The molecule has 0 aliphatic carbocycles. The van der Waals surface area contributed by atoms with Crippen molar-refractivity contribution in [1.29, 1.82) is 0 Å². The molecule has 5 nitrogen and oxygen atoms in total. The van der Waals surface area contributed by atoms with Gasteiger partial charge in [-0.1, -0.05) is 115 Å². The maximum absolute atomic E-state index is 6.63. The van der Waals surface area contributed by atoms with E-state index in [0.717, 1.165) is 49.6 Å². The lowest BCUT2D eigenvalue weighted by Crippen LogP contribution is -2.00. The molecule has 0 spiro atoms. The second-order valence-electron chi connectivity index (χ2n) is 12.3. The van der Waals surface area contributed by atoms with Crippen LogP contribution in [0.15, 0.2) is 162 Å². The standard InChI is InChI=1S/C44H26N4O/c1-2-10-29(11-3-1)42-46-43(33-17-14-27-8-4-5-12-30(27)24-33)48-44(47-42)38-21-20-36(41-40(38)37-22-23-45-26-39(37)49-41)32-18-19-35-31(25-32)16-15-28-9-6-7-13-34(28)35/h1-26H. The predicted octanol–water partition coefficient (Wildman–Crippen LogP) is 11.3. The van der Waals surface area contributed by atoms with Gasteiger partial charge in [-0.25, -0.2) is 15.0 Å². The highest BCUT2D eigenvalue weighted by Crippen LogP contribution is 2.42. The minimum atomic E-state index is 0.582. The molecule has 0 N–H and O–H groups in total. The van der Waals surface area contributed by atoms with Gasteiger partial charge >= 0.3 is 0 Å². The first-order chi connectivity index (χ1) is 24.3. The number of furan rings is 1. The molecular formula is C44H26N4O. The fourth-order valence-corrected chi connectivity index (χ4v) is 7.00. The molecule has 3 aromatic heterocycles.